The molecule has 0 bridgehead atoms. The number of piperidine rings is 1. The van der Waals surface area contributed by atoms with E-state index < -0.39 is 6.17 Å². The molecular weight excluding hydrogens is 381 g/mol. The van der Waals surface area contributed by atoms with Gasteiger partial charge in [0.1, 0.15) is 29.3 Å². The van der Waals surface area contributed by atoms with Crippen molar-refractivity contribution in [1.82, 2.24) is 14.9 Å². The van der Waals surface area contributed by atoms with Crippen LogP contribution in [0.1, 0.15) is 34.9 Å². The summed E-state index contributed by atoms with van der Waals surface area (Å²) in [6.45, 7) is 4.87. The van der Waals surface area contributed by atoms with E-state index in [9.17, 15) is 9.18 Å². The third kappa shape index (κ3) is 4.54. The molecule has 0 saturated carbocycles. The molecule has 2 atom stereocenters. The third-order valence-corrected chi connectivity index (χ3v) is 5.21. The van der Waals surface area contributed by atoms with Gasteiger partial charge in [0, 0.05) is 36.0 Å². The Balaban J connectivity index is 1.92. The Morgan fingerprint density at radius 2 is 2.14 bits per heavy atom. The summed E-state index contributed by atoms with van der Waals surface area (Å²) in [6.07, 6.45) is 1.65. The summed E-state index contributed by atoms with van der Waals surface area (Å²) < 4.78 is 14.9. The molecule has 3 rings (SSSR count). The van der Waals surface area contributed by atoms with Gasteiger partial charge < -0.3 is 15.5 Å². The maximum absolute atomic E-state index is 14.9. The van der Waals surface area contributed by atoms with Crippen LogP contribution in [0, 0.1) is 19.3 Å². The van der Waals surface area contributed by atoms with Crippen molar-refractivity contribution >= 4 is 35.6 Å². The van der Waals surface area contributed by atoms with Gasteiger partial charge in [0.05, 0.1) is 6.54 Å². The monoisotopic (exact) mass is 403 g/mol. The van der Waals surface area contributed by atoms with E-state index in [1.165, 1.54) is 6.21 Å². The Bertz CT molecular complexity index is 871. The number of nitrogens with one attached hydrogen (secondary N) is 2. The fourth-order valence-corrected chi connectivity index (χ4v) is 3.92. The van der Waals surface area contributed by atoms with E-state index >= 15 is 0 Å². The average Bonchev–Trinajstić information content (AvgIpc) is 2.63. The van der Waals surface area contributed by atoms with E-state index in [1.54, 1.807) is 13.0 Å². The lowest BCUT2D eigenvalue weighted by Crippen LogP contribution is -2.41. The maximum Gasteiger partial charge on any atom is 0.135 e. The Morgan fingerprint density at radius 3 is 2.79 bits per heavy atom. The molecule has 2 aromatic rings. The molecule has 1 aromatic carbocycles. The first-order valence-electron chi connectivity index (χ1n) is 9.14. The number of nitrogens with zero attached hydrogens (tertiary/aromatic N) is 3. The molecule has 2 heterocycles. The maximum atomic E-state index is 14.9. The molecule has 1 fully saturated rings. The predicted molar refractivity (Wildman–Crippen MR) is 109 cm³/mol. The highest BCUT2D eigenvalue weighted by atomic mass is 35.5. The molecule has 2 N–H and O–H groups in total. The average molecular weight is 404 g/mol. The second-order valence-electron chi connectivity index (χ2n) is 7.03. The largest absolute Gasteiger partial charge is 0.340 e. The van der Waals surface area contributed by atoms with Crippen LogP contribution < -0.4 is 5.32 Å². The Kier molecular flexibility index (Phi) is 6.36. The van der Waals surface area contributed by atoms with E-state index in [0.29, 0.717) is 41.0 Å². The number of aryl methyl sites for hydroxylation is 2. The fraction of sp³-hybridized carbons (Fsp3) is 0.400. The molecule has 1 aliphatic rings. The van der Waals surface area contributed by atoms with Crippen LogP contribution in [-0.4, -0.2) is 53.2 Å². The van der Waals surface area contributed by atoms with Crippen LogP contribution >= 0.6 is 11.6 Å². The van der Waals surface area contributed by atoms with Crippen LogP contribution in [0.5, 0.6) is 0 Å². The number of likely N-dealkylation sites (tertiary alicyclic amines) is 1. The van der Waals surface area contributed by atoms with Crippen molar-refractivity contribution < 1.29 is 9.18 Å². The molecule has 1 aliphatic heterocycles. The van der Waals surface area contributed by atoms with Crippen molar-refractivity contribution in [2.75, 3.05) is 25.0 Å². The van der Waals surface area contributed by atoms with E-state index in [4.69, 9.17) is 17.0 Å². The molecule has 28 heavy (non-hydrogen) atoms. The van der Waals surface area contributed by atoms with Crippen LogP contribution in [0.25, 0.3) is 0 Å². The van der Waals surface area contributed by atoms with Crippen LogP contribution in [-0.2, 0) is 4.79 Å². The second kappa shape index (κ2) is 8.75. The van der Waals surface area contributed by atoms with E-state index in [1.807, 2.05) is 24.0 Å². The summed E-state index contributed by atoms with van der Waals surface area (Å²) in [6, 6.07) is 5.39. The number of aromatic nitrogens is 2. The van der Waals surface area contributed by atoms with Crippen molar-refractivity contribution in [3.05, 3.63) is 45.9 Å². The highest BCUT2D eigenvalue weighted by Gasteiger charge is 2.31. The predicted octanol–water partition coefficient (Wildman–Crippen LogP) is 3.81. The standard InChI is InChI=1S/C20H23ClFN5O/c1-12-7-14(10-23)18(26-20-9-19(21)24-13(2)25-20)8-16(12)15-3-4-27(5-6-28)11-17(15)22/h6-10,15,17,23H,3-5,11H2,1-2H3,(H,24,25,26). The molecule has 2 unspecified atom stereocenters. The van der Waals surface area contributed by atoms with Crippen LogP contribution in [0.3, 0.4) is 0 Å². The van der Waals surface area contributed by atoms with Gasteiger partial charge in [0.2, 0.25) is 0 Å². The second-order valence-corrected chi connectivity index (χ2v) is 7.41. The molecule has 1 saturated heterocycles. The molecule has 6 nitrogen and oxygen atoms in total. The summed E-state index contributed by atoms with van der Waals surface area (Å²) in [5.41, 5.74) is 3.20. The Hall–Kier alpha value is -2.38. The van der Waals surface area contributed by atoms with Gasteiger partial charge in [-0.05, 0) is 50.1 Å². The van der Waals surface area contributed by atoms with E-state index in [0.717, 1.165) is 17.4 Å². The molecule has 0 radical (unpaired) electrons. The van der Waals surface area contributed by atoms with Gasteiger partial charge in [0.25, 0.3) is 0 Å². The number of aldehydes is 1. The molecule has 0 spiro atoms. The summed E-state index contributed by atoms with van der Waals surface area (Å²) in [7, 11) is 0. The Morgan fingerprint density at radius 1 is 1.36 bits per heavy atom. The van der Waals surface area contributed by atoms with Crippen LogP contribution in [0.4, 0.5) is 15.9 Å². The summed E-state index contributed by atoms with van der Waals surface area (Å²) in [5.74, 6) is 0.803. The normalized spacial score (nSPS) is 20.0. The molecule has 8 heteroatoms. The SMILES string of the molecule is Cc1nc(Cl)cc(Nc2cc(C3CCN(CC=O)CC3F)c(C)cc2C=N)n1. The quantitative estimate of drug-likeness (QED) is 0.435. The molecule has 0 aliphatic carbocycles. The van der Waals surface area contributed by atoms with Crippen LogP contribution in [0.2, 0.25) is 5.15 Å². The summed E-state index contributed by atoms with van der Waals surface area (Å²) >= 11 is 6.01. The zero-order chi connectivity index (χ0) is 20.3. The van der Waals surface area contributed by atoms with Crippen molar-refractivity contribution in [2.45, 2.75) is 32.4 Å². The van der Waals surface area contributed by atoms with Gasteiger partial charge in [-0.3, -0.25) is 4.90 Å². The number of hydrogen-bond donors (Lipinski definition) is 2. The lowest BCUT2D eigenvalue weighted by atomic mass is 9.84. The van der Waals surface area contributed by atoms with Crippen molar-refractivity contribution in [2.24, 2.45) is 0 Å². The number of carbonyl (C=O) groups is 1. The molecule has 148 valence electrons. The van der Waals surface area contributed by atoms with Gasteiger partial charge >= 0.3 is 0 Å². The van der Waals surface area contributed by atoms with Crippen molar-refractivity contribution in [1.29, 1.82) is 5.41 Å². The highest BCUT2D eigenvalue weighted by molar-refractivity contribution is 6.29. The number of carbonyl (C=O) groups excluding carboxylic acids is 1. The number of halogens is 2. The first kappa shape index (κ1) is 20.4. The van der Waals surface area contributed by atoms with Gasteiger partial charge in [-0.25, -0.2) is 14.4 Å². The smallest absolute Gasteiger partial charge is 0.135 e. The Labute approximate surface area is 168 Å². The van der Waals surface area contributed by atoms with Gasteiger partial charge in [0.15, 0.2) is 0 Å². The first-order valence-corrected chi connectivity index (χ1v) is 9.52. The minimum atomic E-state index is -1.05. The summed E-state index contributed by atoms with van der Waals surface area (Å²) in [5, 5.41) is 11.2. The lowest BCUT2D eigenvalue weighted by molar-refractivity contribution is -0.109. The van der Waals surface area contributed by atoms with E-state index in [-0.39, 0.29) is 19.0 Å². The number of rotatable bonds is 6. The number of benzene rings is 1. The van der Waals surface area contributed by atoms with E-state index in [2.05, 4.69) is 15.3 Å². The highest BCUT2D eigenvalue weighted by Crippen LogP contribution is 2.35. The zero-order valence-corrected chi connectivity index (χ0v) is 16.6. The molecule has 0 amide bonds. The van der Waals surface area contributed by atoms with Gasteiger partial charge in [-0.15, -0.1) is 0 Å². The van der Waals surface area contributed by atoms with Gasteiger partial charge in [-0.2, -0.15) is 0 Å². The number of hydrogen-bond acceptors (Lipinski definition) is 6. The number of alkyl halides is 1. The number of anilines is 2. The molecule has 1 aromatic heterocycles. The van der Waals surface area contributed by atoms with Gasteiger partial charge in [-0.1, -0.05) is 11.6 Å². The van der Waals surface area contributed by atoms with Crippen molar-refractivity contribution in [3.8, 4) is 0 Å². The topological polar surface area (TPSA) is 82.0 Å². The first-order chi connectivity index (χ1) is 13.4. The summed E-state index contributed by atoms with van der Waals surface area (Å²) in [4.78, 5) is 20.9. The minimum Gasteiger partial charge on any atom is -0.340 e. The lowest BCUT2D eigenvalue weighted by Gasteiger charge is -2.34. The molecular formula is C20H23ClFN5O. The van der Waals surface area contributed by atoms with Crippen LogP contribution in [0.15, 0.2) is 18.2 Å². The fourth-order valence-electron chi connectivity index (χ4n) is 3.70. The van der Waals surface area contributed by atoms with Crippen molar-refractivity contribution in [3.63, 3.8) is 0 Å². The zero-order valence-electron chi connectivity index (χ0n) is 15.9. The minimum absolute atomic E-state index is 0.249. The third-order valence-electron chi connectivity index (χ3n) is 5.02.